The molecule has 0 saturated heterocycles. The average molecular weight is 433 g/mol. The molecule has 0 radical (unpaired) electrons. The van der Waals surface area contributed by atoms with Gasteiger partial charge in [-0.3, -0.25) is 0 Å². The van der Waals surface area contributed by atoms with Crippen molar-refractivity contribution in [2.75, 3.05) is 20.3 Å². The first kappa shape index (κ1) is 23.3. The first-order valence-corrected chi connectivity index (χ1v) is 13.0. The Morgan fingerprint density at radius 1 is 1.28 bits per heavy atom. The first-order valence-electron chi connectivity index (χ1n) is 9.30. The van der Waals surface area contributed by atoms with Crippen LogP contribution in [0.3, 0.4) is 0 Å². The van der Waals surface area contributed by atoms with Crippen LogP contribution in [0.15, 0.2) is 11.6 Å². The van der Waals surface area contributed by atoms with Crippen molar-refractivity contribution in [2.45, 2.75) is 51.8 Å². The summed E-state index contributed by atoms with van der Waals surface area (Å²) in [4.78, 5) is 12.3. The third kappa shape index (κ3) is 5.33. The van der Waals surface area contributed by atoms with E-state index in [1.54, 1.807) is 6.92 Å². The number of carbonyl (C=O) groups excluding carboxylic acids is 1. The second-order valence-electron chi connectivity index (χ2n) is 8.14. The summed E-state index contributed by atoms with van der Waals surface area (Å²) >= 11 is 0. The Labute approximate surface area is 169 Å². The van der Waals surface area contributed by atoms with E-state index in [9.17, 15) is 18.0 Å². The average Bonchev–Trinajstić information content (AvgIpc) is 2.98. The van der Waals surface area contributed by atoms with Gasteiger partial charge in [-0.2, -0.15) is 13.2 Å². The third-order valence-electron chi connectivity index (χ3n) is 4.81. The maximum atomic E-state index is 13.0. The van der Waals surface area contributed by atoms with E-state index in [0.717, 1.165) is 12.1 Å². The van der Waals surface area contributed by atoms with Crippen molar-refractivity contribution in [3.05, 3.63) is 33.9 Å². The quantitative estimate of drug-likeness (QED) is 0.374. The number of methoxy groups -OCH3 is 1. The minimum absolute atomic E-state index is 0.0707. The largest absolute Gasteiger partial charge is 0.496 e. The second-order valence-corrected chi connectivity index (χ2v) is 13.8. The van der Waals surface area contributed by atoms with E-state index in [0.29, 0.717) is 29.0 Å². The minimum Gasteiger partial charge on any atom is -0.496 e. The zero-order valence-electron chi connectivity index (χ0n) is 17.3. The van der Waals surface area contributed by atoms with Gasteiger partial charge in [-0.1, -0.05) is 25.7 Å². The molecule has 29 heavy (non-hydrogen) atoms. The Morgan fingerprint density at radius 2 is 1.93 bits per heavy atom. The van der Waals surface area contributed by atoms with Crippen molar-refractivity contribution < 1.29 is 37.3 Å². The van der Waals surface area contributed by atoms with Gasteiger partial charge in [-0.05, 0) is 25.0 Å². The fourth-order valence-corrected chi connectivity index (χ4v) is 3.84. The lowest BCUT2D eigenvalue weighted by Gasteiger charge is -2.21. The van der Waals surface area contributed by atoms with E-state index < -0.39 is 32.4 Å². The van der Waals surface area contributed by atoms with Crippen LogP contribution in [0.5, 0.6) is 11.5 Å². The molecule has 1 aromatic carbocycles. The predicted molar refractivity (Wildman–Crippen MR) is 105 cm³/mol. The number of carbonyl (C=O) groups is 1. The van der Waals surface area contributed by atoms with Crippen molar-refractivity contribution in [3.63, 3.8) is 0 Å². The molecule has 1 N–H and O–H groups in total. The molecule has 0 saturated carbocycles. The van der Waals surface area contributed by atoms with Crippen LogP contribution < -0.4 is 9.47 Å². The predicted octanol–water partition coefficient (Wildman–Crippen LogP) is 4.41. The molecule has 5 nitrogen and oxygen atoms in total. The van der Waals surface area contributed by atoms with E-state index in [-0.39, 0.29) is 24.3 Å². The Morgan fingerprint density at radius 3 is 2.45 bits per heavy atom. The van der Waals surface area contributed by atoms with Gasteiger partial charge in [0.15, 0.2) is 0 Å². The van der Waals surface area contributed by atoms with E-state index in [1.807, 2.05) is 0 Å². The van der Waals surface area contributed by atoms with Gasteiger partial charge in [0.2, 0.25) is 0 Å². The van der Waals surface area contributed by atoms with Crippen molar-refractivity contribution in [1.29, 1.82) is 0 Å². The first-order chi connectivity index (χ1) is 13.4. The molecular formula is C20H27F3O5Si. The second kappa shape index (κ2) is 8.79. The number of esters is 1. The Kier molecular flexibility index (Phi) is 7.05. The molecule has 0 spiro atoms. The number of benzene rings is 1. The fourth-order valence-electron chi connectivity index (χ4n) is 3.12. The molecule has 0 aliphatic carbocycles. The van der Waals surface area contributed by atoms with Gasteiger partial charge >= 0.3 is 12.1 Å². The van der Waals surface area contributed by atoms with Gasteiger partial charge in [0.05, 0.1) is 25.9 Å². The number of aliphatic hydroxyl groups is 1. The van der Waals surface area contributed by atoms with Crippen molar-refractivity contribution in [2.24, 2.45) is 0 Å². The molecule has 162 valence electrons. The Balaban J connectivity index is 2.57. The van der Waals surface area contributed by atoms with Crippen LogP contribution in [0, 0.1) is 6.92 Å². The molecule has 1 heterocycles. The van der Waals surface area contributed by atoms with Crippen LogP contribution in [0.2, 0.25) is 25.7 Å². The van der Waals surface area contributed by atoms with Crippen molar-refractivity contribution >= 4 is 14.0 Å². The summed E-state index contributed by atoms with van der Waals surface area (Å²) in [5, 5.41) is 9.10. The number of allylic oxidation sites excluding steroid dienone is 1. The number of alkyl halides is 3. The highest BCUT2D eigenvalue weighted by Crippen LogP contribution is 2.43. The van der Waals surface area contributed by atoms with Gasteiger partial charge < -0.3 is 19.3 Å². The van der Waals surface area contributed by atoms with Crippen LogP contribution >= 0.6 is 0 Å². The molecule has 1 aliphatic heterocycles. The molecule has 1 aliphatic rings. The lowest BCUT2D eigenvalue weighted by molar-refractivity contribution is -0.0977. The van der Waals surface area contributed by atoms with Gasteiger partial charge in [-0.15, -0.1) is 0 Å². The smallest absolute Gasteiger partial charge is 0.414 e. The number of ether oxygens (including phenoxy) is 3. The van der Waals surface area contributed by atoms with Crippen LogP contribution in [-0.2, 0) is 17.8 Å². The van der Waals surface area contributed by atoms with Gasteiger partial charge in [0, 0.05) is 19.2 Å². The third-order valence-corrected chi connectivity index (χ3v) is 6.52. The minimum atomic E-state index is -4.65. The number of fused-ring (bicyclic) bond motifs is 1. The Hall–Kier alpha value is -2.00. The number of halogens is 3. The molecule has 0 bridgehead atoms. The molecule has 0 aromatic heterocycles. The summed E-state index contributed by atoms with van der Waals surface area (Å²) in [5.74, 6) is 0.0110. The molecule has 0 atom stereocenters. The number of hydrogen-bond donors (Lipinski definition) is 1. The number of cyclic esters (lactones) is 1. The monoisotopic (exact) mass is 432 g/mol. The summed E-state index contributed by atoms with van der Waals surface area (Å²) < 4.78 is 55.7. The Bertz CT molecular complexity index is 810. The van der Waals surface area contributed by atoms with Gasteiger partial charge in [0.25, 0.3) is 0 Å². The van der Waals surface area contributed by atoms with E-state index >= 15 is 0 Å². The highest BCUT2D eigenvalue weighted by atomic mass is 28.3. The number of rotatable bonds is 8. The number of hydrogen-bond acceptors (Lipinski definition) is 5. The maximum Gasteiger partial charge on any atom is 0.414 e. The highest BCUT2D eigenvalue weighted by Gasteiger charge is 2.35. The zero-order valence-corrected chi connectivity index (χ0v) is 18.3. The number of aliphatic hydroxyl groups excluding tert-OH is 1. The molecular weight excluding hydrogens is 405 g/mol. The molecule has 0 fully saturated rings. The maximum absolute atomic E-state index is 13.0. The normalized spacial score (nSPS) is 14.7. The standard InChI is InChI=1S/C20H27F3O5Si/c1-12-15-11-28-19(25)16(15)18(27-8-9-29(3,4)5)14(17(12)26-2)7-6-13(10-24)20(21,22)23/h6,24H,7-11H2,1-5H3. The summed E-state index contributed by atoms with van der Waals surface area (Å²) in [6.07, 6.45) is -3.96. The molecule has 0 amide bonds. The lowest BCUT2D eigenvalue weighted by atomic mass is 9.94. The highest BCUT2D eigenvalue weighted by molar-refractivity contribution is 6.76. The molecule has 0 unspecified atom stereocenters. The molecule has 1 aromatic rings. The van der Waals surface area contributed by atoms with Crippen LogP contribution in [0.4, 0.5) is 13.2 Å². The van der Waals surface area contributed by atoms with Crippen molar-refractivity contribution in [1.82, 2.24) is 0 Å². The van der Waals surface area contributed by atoms with Crippen LogP contribution in [-0.4, -0.2) is 45.6 Å². The fraction of sp³-hybridized carbons (Fsp3) is 0.550. The summed E-state index contributed by atoms with van der Waals surface area (Å²) in [6.45, 7) is 7.52. The van der Waals surface area contributed by atoms with Gasteiger partial charge in [-0.25, -0.2) is 4.79 Å². The zero-order chi connectivity index (χ0) is 22.0. The van der Waals surface area contributed by atoms with Crippen molar-refractivity contribution in [3.8, 4) is 11.5 Å². The summed E-state index contributed by atoms with van der Waals surface area (Å²) in [5.41, 5.74) is 0.786. The molecule has 9 heteroatoms. The molecule has 2 rings (SSSR count). The summed E-state index contributed by atoms with van der Waals surface area (Å²) in [6, 6.07) is 0.812. The topological polar surface area (TPSA) is 65.0 Å². The lowest BCUT2D eigenvalue weighted by Crippen LogP contribution is -2.23. The van der Waals surface area contributed by atoms with Crippen LogP contribution in [0.25, 0.3) is 0 Å². The van der Waals surface area contributed by atoms with E-state index in [4.69, 9.17) is 19.3 Å². The van der Waals surface area contributed by atoms with Crippen LogP contribution in [0.1, 0.15) is 27.0 Å². The van der Waals surface area contributed by atoms with E-state index in [2.05, 4.69) is 19.6 Å². The summed E-state index contributed by atoms with van der Waals surface area (Å²) in [7, 11) is -0.0183. The van der Waals surface area contributed by atoms with Gasteiger partial charge in [0.1, 0.15) is 23.7 Å². The SMILES string of the molecule is COc1c(C)c2c(c(OCC[Si](C)(C)C)c1CC=C(CO)C(F)(F)F)C(=O)OC2. The van der Waals surface area contributed by atoms with E-state index in [1.165, 1.54) is 7.11 Å².